The SMILES string of the molecule is O=C(C[NH+]1CCN(c2ncccn2)CC1)Nc1ccccc1F. The van der Waals surface area contributed by atoms with Crippen molar-refractivity contribution in [1.82, 2.24) is 9.97 Å². The lowest BCUT2D eigenvalue weighted by atomic mass is 10.3. The summed E-state index contributed by atoms with van der Waals surface area (Å²) in [5, 5.41) is 2.63. The van der Waals surface area contributed by atoms with Crippen LogP contribution in [0.3, 0.4) is 0 Å². The number of quaternary nitrogens is 1. The number of benzene rings is 1. The fourth-order valence-corrected chi connectivity index (χ4v) is 2.64. The molecule has 0 atom stereocenters. The van der Waals surface area contributed by atoms with Gasteiger partial charge in [0.2, 0.25) is 5.95 Å². The number of amides is 1. The quantitative estimate of drug-likeness (QED) is 0.831. The molecule has 2 aromatic rings. The van der Waals surface area contributed by atoms with E-state index in [4.69, 9.17) is 0 Å². The third-order valence-electron chi connectivity index (χ3n) is 3.86. The average molecular weight is 316 g/mol. The molecule has 0 bridgehead atoms. The van der Waals surface area contributed by atoms with Gasteiger partial charge in [0.05, 0.1) is 31.9 Å². The molecule has 1 aliphatic rings. The standard InChI is InChI=1S/C16H18FN5O/c17-13-4-1-2-5-14(13)20-15(23)12-21-8-10-22(11-9-21)16-18-6-3-7-19-16/h1-7H,8-12H2,(H,20,23)/p+1. The normalized spacial score (nSPS) is 15.4. The molecule has 1 amide bonds. The minimum atomic E-state index is -0.415. The van der Waals surface area contributed by atoms with E-state index in [1.807, 2.05) is 0 Å². The molecule has 23 heavy (non-hydrogen) atoms. The number of para-hydroxylation sites is 1. The van der Waals surface area contributed by atoms with Crippen molar-refractivity contribution in [1.29, 1.82) is 0 Å². The number of hydrogen-bond donors (Lipinski definition) is 2. The second-order valence-corrected chi connectivity index (χ2v) is 5.49. The first-order valence-electron chi connectivity index (χ1n) is 7.62. The molecule has 0 unspecified atom stereocenters. The Balaban J connectivity index is 1.49. The van der Waals surface area contributed by atoms with Gasteiger partial charge in [-0.25, -0.2) is 14.4 Å². The Labute approximate surface area is 134 Å². The van der Waals surface area contributed by atoms with E-state index in [0.717, 1.165) is 32.1 Å². The zero-order valence-electron chi connectivity index (χ0n) is 12.7. The Bertz CT molecular complexity index is 659. The first-order valence-corrected chi connectivity index (χ1v) is 7.62. The largest absolute Gasteiger partial charge is 0.330 e. The molecular weight excluding hydrogens is 297 g/mol. The van der Waals surface area contributed by atoms with E-state index in [1.165, 1.54) is 11.0 Å². The van der Waals surface area contributed by atoms with Gasteiger partial charge in [-0.1, -0.05) is 12.1 Å². The van der Waals surface area contributed by atoms with E-state index >= 15 is 0 Å². The smallest absolute Gasteiger partial charge is 0.279 e. The van der Waals surface area contributed by atoms with E-state index in [-0.39, 0.29) is 11.6 Å². The molecule has 120 valence electrons. The maximum atomic E-state index is 13.5. The fraction of sp³-hybridized carbons (Fsp3) is 0.312. The molecule has 6 nitrogen and oxygen atoms in total. The monoisotopic (exact) mass is 316 g/mol. The van der Waals surface area contributed by atoms with Crippen molar-refractivity contribution in [2.75, 3.05) is 42.9 Å². The molecule has 1 aromatic carbocycles. The molecule has 7 heteroatoms. The lowest BCUT2D eigenvalue weighted by Gasteiger charge is -2.31. The Morgan fingerprint density at radius 2 is 1.87 bits per heavy atom. The van der Waals surface area contributed by atoms with Crippen LogP contribution in [0.4, 0.5) is 16.0 Å². The summed E-state index contributed by atoms with van der Waals surface area (Å²) in [6.07, 6.45) is 3.45. The van der Waals surface area contributed by atoms with E-state index in [9.17, 15) is 9.18 Å². The summed E-state index contributed by atoms with van der Waals surface area (Å²) in [6, 6.07) is 7.98. The number of nitrogens with zero attached hydrogens (tertiary/aromatic N) is 3. The number of carbonyl (C=O) groups is 1. The maximum absolute atomic E-state index is 13.5. The van der Waals surface area contributed by atoms with Gasteiger partial charge in [-0.05, 0) is 18.2 Å². The van der Waals surface area contributed by atoms with Crippen LogP contribution < -0.4 is 15.1 Å². The van der Waals surface area contributed by atoms with Crippen LogP contribution in [0.1, 0.15) is 0 Å². The third-order valence-corrected chi connectivity index (χ3v) is 3.86. The highest BCUT2D eigenvalue weighted by molar-refractivity contribution is 5.91. The number of carbonyl (C=O) groups excluding carboxylic acids is 1. The second-order valence-electron chi connectivity index (χ2n) is 5.49. The fourth-order valence-electron chi connectivity index (χ4n) is 2.64. The number of aromatic nitrogens is 2. The number of hydrogen-bond acceptors (Lipinski definition) is 4. The van der Waals surface area contributed by atoms with Crippen molar-refractivity contribution in [3.05, 3.63) is 48.5 Å². The van der Waals surface area contributed by atoms with Crippen LogP contribution in [0.15, 0.2) is 42.7 Å². The van der Waals surface area contributed by atoms with Gasteiger partial charge in [0, 0.05) is 12.4 Å². The molecule has 1 fully saturated rings. The number of piperazine rings is 1. The van der Waals surface area contributed by atoms with Crippen molar-refractivity contribution >= 4 is 17.5 Å². The van der Waals surface area contributed by atoms with Crippen LogP contribution in [0.25, 0.3) is 0 Å². The highest BCUT2D eigenvalue weighted by atomic mass is 19.1. The molecule has 1 saturated heterocycles. The van der Waals surface area contributed by atoms with E-state index in [2.05, 4.69) is 20.2 Å². The summed E-state index contributed by atoms with van der Waals surface area (Å²) in [6.45, 7) is 3.57. The van der Waals surface area contributed by atoms with E-state index in [0.29, 0.717) is 6.54 Å². The molecule has 2 heterocycles. The third kappa shape index (κ3) is 4.01. The topological polar surface area (TPSA) is 62.6 Å². The van der Waals surface area contributed by atoms with Gasteiger partial charge in [0.1, 0.15) is 5.82 Å². The van der Waals surface area contributed by atoms with Crippen molar-refractivity contribution in [2.45, 2.75) is 0 Å². The zero-order valence-corrected chi connectivity index (χ0v) is 12.7. The zero-order chi connectivity index (χ0) is 16.1. The van der Waals surface area contributed by atoms with Gasteiger partial charge in [-0.3, -0.25) is 4.79 Å². The number of anilines is 2. The molecule has 1 aliphatic heterocycles. The molecule has 3 rings (SSSR count). The summed E-state index contributed by atoms with van der Waals surface area (Å²) in [4.78, 5) is 23.8. The van der Waals surface area contributed by atoms with Crippen LogP contribution in [0.2, 0.25) is 0 Å². The summed E-state index contributed by atoms with van der Waals surface area (Å²) in [5.41, 5.74) is 0.230. The predicted octanol–water partition coefficient (Wildman–Crippen LogP) is -0.0407. The van der Waals surface area contributed by atoms with Crippen LogP contribution in [-0.4, -0.2) is 48.6 Å². The minimum absolute atomic E-state index is 0.172. The Hall–Kier alpha value is -2.54. The highest BCUT2D eigenvalue weighted by Gasteiger charge is 2.23. The Kier molecular flexibility index (Phi) is 4.77. The van der Waals surface area contributed by atoms with E-state index in [1.54, 1.807) is 36.7 Å². The van der Waals surface area contributed by atoms with Gasteiger partial charge >= 0.3 is 0 Å². The van der Waals surface area contributed by atoms with Crippen molar-refractivity contribution in [3.63, 3.8) is 0 Å². The first-order chi connectivity index (χ1) is 11.2. The number of nitrogens with one attached hydrogen (secondary N) is 2. The van der Waals surface area contributed by atoms with Gasteiger partial charge in [0.25, 0.3) is 5.91 Å². The molecule has 0 aliphatic carbocycles. The van der Waals surface area contributed by atoms with Crippen LogP contribution in [-0.2, 0) is 4.79 Å². The molecular formula is C16H19FN5O+. The molecule has 1 aromatic heterocycles. The Morgan fingerprint density at radius 1 is 1.17 bits per heavy atom. The van der Waals surface area contributed by atoms with Crippen molar-refractivity contribution < 1.29 is 14.1 Å². The molecule has 0 saturated carbocycles. The first kappa shape index (κ1) is 15.4. The summed E-state index contributed by atoms with van der Waals surface area (Å²) in [5.74, 6) is 0.138. The van der Waals surface area contributed by atoms with Gasteiger partial charge < -0.3 is 15.1 Å². The lowest BCUT2D eigenvalue weighted by Crippen LogP contribution is -3.15. The lowest BCUT2D eigenvalue weighted by molar-refractivity contribution is -0.892. The van der Waals surface area contributed by atoms with Gasteiger partial charge in [0.15, 0.2) is 6.54 Å². The molecule has 0 spiro atoms. The van der Waals surface area contributed by atoms with Crippen LogP contribution >= 0.6 is 0 Å². The molecule has 0 radical (unpaired) electrons. The van der Waals surface area contributed by atoms with Crippen LogP contribution in [0.5, 0.6) is 0 Å². The summed E-state index contributed by atoms with van der Waals surface area (Å²) < 4.78 is 13.5. The number of halogens is 1. The minimum Gasteiger partial charge on any atom is -0.330 e. The maximum Gasteiger partial charge on any atom is 0.279 e. The van der Waals surface area contributed by atoms with Crippen LogP contribution in [0, 0.1) is 5.82 Å². The summed E-state index contributed by atoms with van der Waals surface area (Å²) in [7, 11) is 0. The van der Waals surface area contributed by atoms with Crippen molar-refractivity contribution in [3.8, 4) is 0 Å². The van der Waals surface area contributed by atoms with E-state index < -0.39 is 5.82 Å². The Morgan fingerprint density at radius 3 is 2.57 bits per heavy atom. The average Bonchev–Trinajstić information content (AvgIpc) is 2.58. The predicted molar refractivity (Wildman–Crippen MR) is 84.8 cm³/mol. The van der Waals surface area contributed by atoms with Crippen molar-refractivity contribution in [2.24, 2.45) is 0 Å². The second kappa shape index (κ2) is 7.15. The number of rotatable bonds is 4. The highest BCUT2D eigenvalue weighted by Crippen LogP contribution is 2.11. The summed E-state index contributed by atoms with van der Waals surface area (Å²) >= 11 is 0. The molecule has 2 N–H and O–H groups in total. The van der Waals surface area contributed by atoms with Gasteiger partial charge in [-0.2, -0.15) is 0 Å². The van der Waals surface area contributed by atoms with Gasteiger partial charge in [-0.15, -0.1) is 0 Å².